The fourth-order valence-corrected chi connectivity index (χ4v) is 2.39. The normalized spacial score (nSPS) is 11.1. The number of hydrogen-bond donors (Lipinski definition) is 2. The lowest BCUT2D eigenvalue weighted by molar-refractivity contribution is 0.373. The van der Waals surface area contributed by atoms with Gasteiger partial charge in [-0.2, -0.15) is 14.9 Å². The molecule has 3 rings (SSSR count). The topological polar surface area (TPSA) is 75.4 Å². The first-order valence-corrected chi connectivity index (χ1v) is 7.72. The number of nitrogens with zero attached hydrogens (tertiary/aromatic N) is 3. The van der Waals surface area contributed by atoms with Gasteiger partial charge in [-0.15, -0.1) is 0 Å². The Kier molecular flexibility index (Phi) is 4.64. The zero-order valence-corrected chi connectivity index (χ0v) is 14.2. The van der Waals surface area contributed by atoms with Gasteiger partial charge in [-0.1, -0.05) is 11.6 Å². The number of phenolic OH excluding ortho intramolecular Hbond substituents is 1. The van der Waals surface area contributed by atoms with Gasteiger partial charge in [0.05, 0.1) is 13.3 Å². The smallest absolute Gasteiger partial charge is 0.216 e. The van der Waals surface area contributed by atoms with Crippen LogP contribution in [0.5, 0.6) is 11.5 Å². The van der Waals surface area contributed by atoms with E-state index in [0.29, 0.717) is 21.4 Å². The summed E-state index contributed by atoms with van der Waals surface area (Å²) in [4.78, 5) is 0. The summed E-state index contributed by atoms with van der Waals surface area (Å²) < 4.78 is 6.96. The van der Waals surface area contributed by atoms with E-state index in [2.05, 4.69) is 15.3 Å². The van der Waals surface area contributed by atoms with E-state index in [1.807, 2.05) is 12.1 Å². The van der Waals surface area contributed by atoms with Crippen molar-refractivity contribution in [3.05, 3.63) is 57.8 Å². The van der Waals surface area contributed by atoms with Crippen LogP contribution in [0.15, 0.2) is 47.6 Å². The first-order valence-electron chi connectivity index (χ1n) is 6.93. The van der Waals surface area contributed by atoms with Crippen molar-refractivity contribution in [1.82, 2.24) is 14.9 Å². The predicted octanol–water partition coefficient (Wildman–Crippen LogP) is 3.86. The SMILES string of the molecule is COc1cc(/C=N\n2c(-c3ccc(Cl)cc3)n[nH]c2=S)ccc1O. The van der Waals surface area contributed by atoms with Crippen LogP contribution in [0.3, 0.4) is 0 Å². The molecule has 0 bridgehead atoms. The van der Waals surface area contributed by atoms with Gasteiger partial charge in [0.15, 0.2) is 17.3 Å². The lowest BCUT2D eigenvalue weighted by Crippen LogP contribution is -1.95. The zero-order chi connectivity index (χ0) is 17.1. The minimum absolute atomic E-state index is 0.0661. The van der Waals surface area contributed by atoms with Crippen molar-refractivity contribution in [2.75, 3.05) is 7.11 Å². The molecule has 0 radical (unpaired) electrons. The first kappa shape index (κ1) is 16.2. The maximum atomic E-state index is 9.63. The van der Waals surface area contributed by atoms with Crippen molar-refractivity contribution in [3.63, 3.8) is 0 Å². The second-order valence-corrected chi connectivity index (χ2v) is 5.67. The monoisotopic (exact) mass is 360 g/mol. The van der Waals surface area contributed by atoms with Crippen molar-refractivity contribution in [2.45, 2.75) is 0 Å². The molecule has 0 fully saturated rings. The highest BCUT2D eigenvalue weighted by Crippen LogP contribution is 2.25. The van der Waals surface area contributed by atoms with Crippen LogP contribution in [0.25, 0.3) is 11.4 Å². The minimum Gasteiger partial charge on any atom is -0.504 e. The Morgan fingerprint density at radius 2 is 2.04 bits per heavy atom. The van der Waals surface area contributed by atoms with E-state index in [-0.39, 0.29) is 5.75 Å². The van der Waals surface area contributed by atoms with Gasteiger partial charge in [-0.25, -0.2) is 5.10 Å². The van der Waals surface area contributed by atoms with E-state index in [0.717, 1.165) is 11.1 Å². The zero-order valence-electron chi connectivity index (χ0n) is 12.6. The molecule has 0 spiro atoms. The largest absolute Gasteiger partial charge is 0.504 e. The average molecular weight is 361 g/mol. The van der Waals surface area contributed by atoms with E-state index < -0.39 is 0 Å². The molecule has 0 aliphatic heterocycles. The Labute approximate surface area is 148 Å². The summed E-state index contributed by atoms with van der Waals surface area (Å²) in [6.45, 7) is 0. The first-order chi connectivity index (χ1) is 11.6. The Morgan fingerprint density at radius 1 is 1.29 bits per heavy atom. The van der Waals surface area contributed by atoms with Crippen LogP contribution >= 0.6 is 23.8 Å². The third-order valence-electron chi connectivity index (χ3n) is 3.28. The van der Waals surface area contributed by atoms with Crippen LogP contribution in [-0.2, 0) is 0 Å². The van der Waals surface area contributed by atoms with Gasteiger partial charge >= 0.3 is 0 Å². The second kappa shape index (κ2) is 6.86. The number of hydrogen-bond acceptors (Lipinski definition) is 5. The Morgan fingerprint density at radius 3 is 2.75 bits per heavy atom. The molecular formula is C16H13ClN4O2S. The molecule has 0 atom stereocenters. The van der Waals surface area contributed by atoms with E-state index >= 15 is 0 Å². The van der Waals surface area contributed by atoms with Crippen LogP contribution in [-0.4, -0.2) is 33.3 Å². The molecular weight excluding hydrogens is 348 g/mol. The predicted molar refractivity (Wildman–Crippen MR) is 95.5 cm³/mol. The molecule has 1 aromatic heterocycles. The summed E-state index contributed by atoms with van der Waals surface area (Å²) in [6.07, 6.45) is 1.60. The maximum Gasteiger partial charge on any atom is 0.216 e. The number of methoxy groups -OCH3 is 1. The highest BCUT2D eigenvalue weighted by Gasteiger charge is 2.08. The van der Waals surface area contributed by atoms with Crippen molar-refractivity contribution < 1.29 is 9.84 Å². The van der Waals surface area contributed by atoms with E-state index in [4.69, 9.17) is 28.6 Å². The fraction of sp³-hybridized carbons (Fsp3) is 0.0625. The van der Waals surface area contributed by atoms with Gasteiger partial charge in [0.25, 0.3) is 0 Å². The van der Waals surface area contributed by atoms with Crippen LogP contribution < -0.4 is 4.74 Å². The molecule has 0 unspecified atom stereocenters. The molecule has 0 aliphatic rings. The number of ether oxygens (including phenoxy) is 1. The van der Waals surface area contributed by atoms with Gasteiger partial charge in [0, 0.05) is 10.6 Å². The third kappa shape index (κ3) is 3.32. The lowest BCUT2D eigenvalue weighted by Gasteiger charge is -2.04. The number of phenols is 1. The molecule has 122 valence electrons. The Hall–Kier alpha value is -2.64. The Bertz CT molecular complexity index is 947. The molecule has 0 saturated heterocycles. The number of halogens is 1. The molecule has 24 heavy (non-hydrogen) atoms. The number of H-pyrrole nitrogens is 1. The van der Waals surface area contributed by atoms with Gasteiger partial charge in [0.1, 0.15) is 0 Å². The fourth-order valence-electron chi connectivity index (χ4n) is 2.08. The standard InChI is InChI=1S/C16H13ClN4O2S/c1-23-14-8-10(2-7-13(14)22)9-18-21-15(19-20-16(21)24)11-3-5-12(17)6-4-11/h2-9,22H,1H3,(H,20,24)/b18-9-. The highest BCUT2D eigenvalue weighted by atomic mass is 35.5. The Balaban J connectivity index is 1.97. The molecule has 0 amide bonds. The highest BCUT2D eigenvalue weighted by molar-refractivity contribution is 7.71. The van der Waals surface area contributed by atoms with Crippen LogP contribution in [0.4, 0.5) is 0 Å². The van der Waals surface area contributed by atoms with Gasteiger partial charge < -0.3 is 9.84 Å². The third-order valence-corrected chi connectivity index (χ3v) is 3.80. The molecule has 2 N–H and O–H groups in total. The maximum absolute atomic E-state index is 9.63. The number of benzene rings is 2. The quantitative estimate of drug-likeness (QED) is 0.547. The summed E-state index contributed by atoms with van der Waals surface area (Å²) in [5.74, 6) is 1.00. The van der Waals surface area contributed by atoms with Crippen LogP contribution in [0.1, 0.15) is 5.56 Å². The van der Waals surface area contributed by atoms with Gasteiger partial charge in [0.2, 0.25) is 4.77 Å². The molecule has 1 heterocycles. The van der Waals surface area contributed by atoms with Crippen molar-refractivity contribution >= 4 is 30.0 Å². The van der Waals surface area contributed by atoms with Crippen molar-refractivity contribution in [3.8, 4) is 22.9 Å². The van der Waals surface area contributed by atoms with E-state index in [9.17, 15) is 5.11 Å². The summed E-state index contributed by atoms with van der Waals surface area (Å²) in [7, 11) is 1.49. The number of rotatable bonds is 4. The van der Waals surface area contributed by atoms with E-state index in [1.54, 1.807) is 30.5 Å². The molecule has 3 aromatic rings. The van der Waals surface area contributed by atoms with Crippen LogP contribution in [0, 0.1) is 4.77 Å². The van der Waals surface area contributed by atoms with E-state index in [1.165, 1.54) is 17.9 Å². The average Bonchev–Trinajstić information content (AvgIpc) is 2.95. The van der Waals surface area contributed by atoms with Gasteiger partial charge in [-0.3, -0.25) is 0 Å². The van der Waals surface area contributed by atoms with Crippen molar-refractivity contribution in [2.24, 2.45) is 5.10 Å². The molecule has 2 aromatic carbocycles. The molecule has 0 saturated carbocycles. The molecule has 6 nitrogen and oxygen atoms in total. The lowest BCUT2D eigenvalue weighted by atomic mass is 10.2. The number of aromatic nitrogens is 3. The minimum atomic E-state index is 0.0661. The van der Waals surface area contributed by atoms with Crippen molar-refractivity contribution in [1.29, 1.82) is 0 Å². The summed E-state index contributed by atoms with van der Waals surface area (Å²) in [6, 6.07) is 12.1. The summed E-state index contributed by atoms with van der Waals surface area (Å²) in [5.41, 5.74) is 1.57. The molecule has 8 heteroatoms. The van der Waals surface area contributed by atoms with Gasteiger partial charge in [-0.05, 0) is 60.2 Å². The molecule has 0 aliphatic carbocycles. The second-order valence-electron chi connectivity index (χ2n) is 4.85. The van der Waals surface area contributed by atoms with Crippen LogP contribution in [0.2, 0.25) is 5.02 Å². The number of aromatic hydroxyl groups is 1. The number of nitrogens with one attached hydrogen (secondary N) is 1. The number of aromatic amines is 1. The summed E-state index contributed by atoms with van der Waals surface area (Å²) in [5, 5.41) is 21.6. The summed E-state index contributed by atoms with van der Waals surface area (Å²) >= 11 is 11.1.